The Morgan fingerprint density at radius 1 is 0.706 bits per heavy atom. The first-order valence-corrected chi connectivity index (χ1v) is 11.7. The molecule has 0 N–H and O–H groups in total. The molecule has 1 atom stereocenters. The highest BCUT2D eigenvalue weighted by atomic mass is 35.5. The number of imidazole rings is 1. The van der Waals surface area contributed by atoms with E-state index >= 15 is 0 Å². The van der Waals surface area contributed by atoms with Crippen molar-refractivity contribution in [3.05, 3.63) is 143 Å². The van der Waals surface area contributed by atoms with Crippen molar-refractivity contribution in [1.82, 2.24) is 9.55 Å². The van der Waals surface area contributed by atoms with E-state index < -0.39 is 0 Å². The maximum atomic E-state index is 6.26. The molecule has 0 amide bonds. The Morgan fingerprint density at radius 2 is 1.32 bits per heavy atom. The van der Waals surface area contributed by atoms with Crippen molar-refractivity contribution in [3.63, 3.8) is 0 Å². The minimum Gasteiger partial charge on any atom is -0.489 e. The van der Waals surface area contributed by atoms with Gasteiger partial charge in [-0.1, -0.05) is 96.0 Å². The molecule has 0 aliphatic carbocycles. The predicted molar refractivity (Wildman–Crippen MR) is 139 cm³/mol. The quantitative estimate of drug-likeness (QED) is 0.233. The molecule has 5 heteroatoms. The Morgan fingerprint density at radius 3 is 1.94 bits per heavy atom. The molecule has 168 valence electrons. The lowest BCUT2D eigenvalue weighted by Gasteiger charge is -2.20. The van der Waals surface area contributed by atoms with Crippen LogP contribution < -0.4 is 4.74 Å². The number of hydrogen-bond donors (Lipinski definition) is 0. The summed E-state index contributed by atoms with van der Waals surface area (Å²) in [6, 6.07) is 32.6. The lowest BCUT2D eigenvalue weighted by Crippen LogP contribution is -2.10. The van der Waals surface area contributed by atoms with Crippen molar-refractivity contribution in [2.75, 3.05) is 0 Å². The highest BCUT2D eigenvalue weighted by molar-refractivity contribution is 6.35. The lowest BCUT2D eigenvalue weighted by atomic mass is 9.96. The summed E-state index contributed by atoms with van der Waals surface area (Å²) in [6.07, 6.45) is 5.63. The van der Waals surface area contributed by atoms with Gasteiger partial charge in [-0.2, -0.15) is 0 Å². The van der Waals surface area contributed by atoms with E-state index in [1.54, 1.807) is 6.20 Å². The SMILES string of the molecule is Clc1cccc(Cl)c1COc1ccc(C(c2ccc(-c3ccccc3)cc2)n2ccnc2)cc1. The molecular weight excluding hydrogens is 463 g/mol. The monoisotopic (exact) mass is 484 g/mol. The van der Waals surface area contributed by atoms with Gasteiger partial charge in [0.2, 0.25) is 0 Å². The van der Waals surface area contributed by atoms with Crippen LogP contribution in [0.4, 0.5) is 0 Å². The van der Waals surface area contributed by atoms with Crippen LogP contribution in [0.5, 0.6) is 5.75 Å². The molecule has 0 bridgehead atoms. The van der Waals surface area contributed by atoms with Crippen molar-refractivity contribution in [2.24, 2.45) is 0 Å². The second-order valence-corrected chi connectivity index (χ2v) is 8.77. The van der Waals surface area contributed by atoms with Gasteiger partial charge >= 0.3 is 0 Å². The summed E-state index contributed by atoms with van der Waals surface area (Å²) in [4.78, 5) is 4.27. The van der Waals surface area contributed by atoms with E-state index in [-0.39, 0.29) is 6.04 Å². The van der Waals surface area contributed by atoms with E-state index in [4.69, 9.17) is 27.9 Å². The molecule has 0 radical (unpaired) electrons. The normalized spacial score (nSPS) is 11.8. The third-order valence-electron chi connectivity index (χ3n) is 5.80. The molecule has 1 heterocycles. The Bertz CT molecular complexity index is 1330. The number of halogens is 2. The van der Waals surface area contributed by atoms with E-state index in [9.17, 15) is 0 Å². The Kier molecular flexibility index (Phi) is 6.66. The van der Waals surface area contributed by atoms with Crippen LogP contribution in [0.15, 0.2) is 116 Å². The fraction of sp³-hybridized carbons (Fsp3) is 0.0690. The van der Waals surface area contributed by atoms with Crippen LogP contribution in [-0.2, 0) is 6.61 Å². The maximum absolute atomic E-state index is 6.26. The first-order chi connectivity index (χ1) is 16.7. The molecule has 1 aromatic heterocycles. The molecule has 4 aromatic carbocycles. The van der Waals surface area contributed by atoms with Crippen LogP contribution in [0.2, 0.25) is 10.0 Å². The molecule has 5 aromatic rings. The van der Waals surface area contributed by atoms with Crippen molar-refractivity contribution in [3.8, 4) is 16.9 Å². The van der Waals surface area contributed by atoms with Crippen LogP contribution in [0.3, 0.4) is 0 Å². The first-order valence-electron chi connectivity index (χ1n) is 11.0. The lowest BCUT2D eigenvalue weighted by molar-refractivity contribution is 0.306. The number of ether oxygens (including phenoxy) is 1. The maximum Gasteiger partial charge on any atom is 0.119 e. The summed E-state index contributed by atoms with van der Waals surface area (Å²) in [7, 11) is 0. The molecule has 3 nitrogen and oxygen atoms in total. The smallest absolute Gasteiger partial charge is 0.119 e. The van der Waals surface area contributed by atoms with Gasteiger partial charge < -0.3 is 9.30 Å². The van der Waals surface area contributed by atoms with Gasteiger partial charge in [0.25, 0.3) is 0 Å². The van der Waals surface area contributed by atoms with E-state index in [1.165, 1.54) is 16.7 Å². The van der Waals surface area contributed by atoms with Gasteiger partial charge in [-0.05, 0) is 46.5 Å². The minimum absolute atomic E-state index is 0.000569. The number of hydrogen-bond acceptors (Lipinski definition) is 2. The zero-order valence-corrected chi connectivity index (χ0v) is 19.8. The molecule has 1 unspecified atom stereocenters. The molecule has 0 saturated carbocycles. The standard InChI is InChI=1S/C29H22Cl2N2O/c30-27-7-4-8-28(31)26(27)19-34-25-15-13-24(14-16-25)29(33-18-17-32-20-33)23-11-9-22(10-12-23)21-5-2-1-3-6-21/h1-18,20,29H,19H2. The predicted octanol–water partition coefficient (Wildman–Crippen LogP) is 8.07. The number of rotatable bonds is 7. The second-order valence-electron chi connectivity index (χ2n) is 7.96. The molecule has 34 heavy (non-hydrogen) atoms. The Balaban J connectivity index is 1.39. The molecule has 0 aliphatic rings. The third kappa shape index (κ3) is 4.86. The zero-order valence-electron chi connectivity index (χ0n) is 18.3. The Hall–Kier alpha value is -3.53. The summed E-state index contributed by atoms with van der Waals surface area (Å²) in [5.41, 5.74) is 5.48. The van der Waals surface area contributed by atoms with E-state index in [1.807, 2.05) is 48.9 Å². The number of nitrogens with zero attached hydrogens (tertiary/aromatic N) is 2. The van der Waals surface area contributed by atoms with Crippen LogP contribution >= 0.6 is 23.2 Å². The van der Waals surface area contributed by atoms with Crippen LogP contribution in [-0.4, -0.2) is 9.55 Å². The van der Waals surface area contributed by atoms with E-state index in [0.717, 1.165) is 16.9 Å². The van der Waals surface area contributed by atoms with Crippen molar-refractivity contribution >= 4 is 23.2 Å². The summed E-state index contributed by atoms with van der Waals surface area (Å²) in [5.74, 6) is 0.753. The van der Waals surface area contributed by atoms with Gasteiger partial charge in [0, 0.05) is 28.0 Å². The summed E-state index contributed by atoms with van der Waals surface area (Å²) in [5, 5.41) is 1.20. The van der Waals surface area contributed by atoms with Crippen LogP contribution in [0.25, 0.3) is 11.1 Å². The summed E-state index contributed by atoms with van der Waals surface area (Å²) in [6.45, 7) is 0.309. The fourth-order valence-corrected chi connectivity index (χ4v) is 4.53. The van der Waals surface area contributed by atoms with E-state index in [2.05, 4.69) is 70.2 Å². The van der Waals surface area contributed by atoms with E-state index in [0.29, 0.717) is 16.7 Å². The highest BCUT2D eigenvalue weighted by Gasteiger charge is 2.16. The van der Waals surface area contributed by atoms with Crippen molar-refractivity contribution < 1.29 is 4.74 Å². The molecule has 5 rings (SSSR count). The van der Waals surface area contributed by atoms with Crippen molar-refractivity contribution in [2.45, 2.75) is 12.6 Å². The van der Waals surface area contributed by atoms with Gasteiger partial charge in [-0.15, -0.1) is 0 Å². The number of aromatic nitrogens is 2. The minimum atomic E-state index is -0.000569. The molecular formula is C29H22Cl2N2O. The largest absolute Gasteiger partial charge is 0.489 e. The average Bonchev–Trinajstić information content (AvgIpc) is 3.40. The van der Waals surface area contributed by atoms with Crippen LogP contribution in [0, 0.1) is 0 Å². The van der Waals surface area contributed by atoms with Gasteiger partial charge in [0.05, 0.1) is 12.4 Å². The molecule has 0 aliphatic heterocycles. The average molecular weight is 485 g/mol. The van der Waals surface area contributed by atoms with Gasteiger partial charge in [0.15, 0.2) is 0 Å². The van der Waals surface area contributed by atoms with Crippen molar-refractivity contribution in [1.29, 1.82) is 0 Å². The molecule has 0 saturated heterocycles. The summed E-state index contributed by atoms with van der Waals surface area (Å²) >= 11 is 12.5. The topological polar surface area (TPSA) is 27.1 Å². The second kappa shape index (κ2) is 10.2. The fourth-order valence-electron chi connectivity index (χ4n) is 4.02. The number of benzene rings is 4. The van der Waals surface area contributed by atoms with Gasteiger partial charge in [-0.3, -0.25) is 0 Å². The first kappa shape index (κ1) is 22.3. The zero-order chi connectivity index (χ0) is 23.3. The molecule has 0 fully saturated rings. The van der Waals surface area contributed by atoms with Gasteiger partial charge in [-0.25, -0.2) is 4.98 Å². The highest BCUT2D eigenvalue weighted by Crippen LogP contribution is 2.31. The molecule has 0 spiro atoms. The van der Waals surface area contributed by atoms with Gasteiger partial charge in [0.1, 0.15) is 12.4 Å². The Labute approximate surface area is 209 Å². The third-order valence-corrected chi connectivity index (χ3v) is 6.51. The summed E-state index contributed by atoms with van der Waals surface area (Å²) < 4.78 is 8.07. The van der Waals surface area contributed by atoms with Crippen LogP contribution in [0.1, 0.15) is 22.7 Å².